The van der Waals surface area contributed by atoms with Crippen molar-refractivity contribution in [3.05, 3.63) is 35.9 Å². The quantitative estimate of drug-likeness (QED) is 0.0688. The number of carbonyl (C=O) groups is 5. The van der Waals surface area contributed by atoms with Crippen molar-refractivity contribution in [1.29, 1.82) is 0 Å². The van der Waals surface area contributed by atoms with Gasteiger partial charge in [-0.05, 0) is 84.4 Å². The molecule has 5 N–H and O–H groups in total. The predicted molar refractivity (Wildman–Crippen MR) is 264 cm³/mol. The highest BCUT2D eigenvalue weighted by atomic mass is 31.1. The van der Waals surface area contributed by atoms with Crippen LogP contribution in [0, 0.1) is 11.8 Å². The maximum absolute atomic E-state index is 13.3. The average molecular weight is 925 g/mol. The molecule has 1 saturated carbocycles. The van der Waals surface area contributed by atoms with Gasteiger partial charge in [-0.25, -0.2) is 0 Å². The molecule has 2 aliphatic rings. The van der Waals surface area contributed by atoms with Crippen molar-refractivity contribution in [2.24, 2.45) is 17.6 Å². The Morgan fingerprint density at radius 3 is 1.97 bits per heavy atom. The minimum Gasteiger partial charge on any atom is -0.379 e. The van der Waals surface area contributed by atoms with Crippen LogP contribution in [-0.2, 0) is 43.4 Å². The van der Waals surface area contributed by atoms with Crippen molar-refractivity contribution in [1.82, 2.24) is 25.8 Å². The highest BCUT2D eigenvalue weighted by Crippen LogP contribution is 2.47. The van der Waals surface area contributed by atoms with Crippen LogP contribution < -0.4 is 21.7 Å². The summed E-state index contributed by atoms with van der Waals surface area (Å²) in [4.78, 5) is 61.6. The van der Waals surface area contributed by atoms with Gasteiger partial charge in [0.2, 0.25) is 30.5 Å². The lowest BCUT2D eigenvalue weighted by Gasteiger charge is -2.39. The standard InChI is InChI=1S/C22H41N3O5.C11H25N2O2P.C11H13NO.C3H8.C2H6/c1-8-16(4)21(24(5)20(28)13-23-14-26)18(29-6)12-19(27)25-11-9-10-17(25)22(30-7)15(2)3;1-10(2,3)13-9(14)7-15-16(6)8-11(4,5)12;13-9-12-8-11(6-7-11)10-4-2-1-3-5-10;1-3-2;1-2/h14-18,21-22H,8-13H2,1-7H3,(H,23,26);7-8,12H2,1-6H3,(H,13,14);1-5,9H,6-8H2,(H,12,13);3H2,1-2H3;1-2H3. The van der Waals surface area contributed by atoms with Crippen LogP contribution in [0.25, 0.3) is 0 Å². The maximum atomic E-state index is 13.3. The van der Waals surface area contributed by atoms with E-state index in [0.717, 1.165) is 44.9 Å². The fraction of sp³-hybridized carbons (Fsp3) is 0.776. The smallest absolute Gasteiger partial charge is 0.246 e. The van der Waals surface area contributed by atoms with E-state index in [1.54, 1.807) is 26.2 Å². The number of hydrogen-bond donors (Lipinski definition) is 4. The topological polar surface area (TPSA) is 182 Å². The second-order valence-corrected chi connectivity index (χ2v) is 20.6. The van der Waals surface area contributed by atoms with E-state index in [1.807, 2.05) is 66.1 Å². The Hall–Kier alpha value is -3.16. The van der Waals surface area contributed by atoms with Crippen LogP contribution in [0.5, 0.6) is 0 Å². The summed E-state index contributed by atoms with van der Waals surface area (Å²) in [6.45, 7) is 29.9. The Morgan fingerprint density at radius 1 is 0.969 bits per heavy atom. The summed E-state index contributed by atoms with van der Waals surface area (Å²) >= 11 is 0. The van der Waals surface area contributed by atoms with Crippen LogP contribution >= 0.6 is 8.15 Å². The molecule has 1 heterocycles. The number of nitrogens with two attached hydrogens (primary N) is 1. The summed E-state index contributed by atoms with van der Waals surface area (Å²) in [6, 6.07) is 10.2. The van der Waals surface area contributed by atoms with Gasteiger partial charge in [0.15, 0.2) is 0 Å². The highest BCUT2D eigenvalue weighted by molar-refractivity contribution is 7.51. The zero-order chi connectivity index (χ0) is 49.7. The molecular formula is C49H93N6O8P. The van der Waals surface area contributed by atoms with Crippen molar-refractivity contribution in [3.63, 3.8) is 0 Å². The molecule has 1 aromatic carbocycles. The van der Waals surface area contributed by atoms with Crippen molar-refractivity contribution in [2.75, 3.05) is 60.3 Å². The first kappa shape index (κ1) is 62.9. The Morgan fingerprint density at radius 2 is 1.53 bits per heavy atom. The number of hydrogen-bond acceptors (Lipinski definition) is 9. The number of rotatable bonds is 22. The molecule has 6 atom stereocenters. The Balaban J connectivity index is 0. The summed E-state index contributed by atoms with van der Waals surface area (Å²) in [6.07, 6.45) is 8.23. The lowest BCUT2D eigenvalue weighted by atomic mass is 9.90. The van der Waals surface area contributed by atoms with Gasteiger partial charge < -0.3 is 45.5 Å². The lowest BCUT2D eigenvalue weighted by molar-refractivity contribution is -0.144. The van der Waals surface area contributed by atoms with E-state index in [4.69, 9.17) is 19.7 Å². The van der Waals surface area contributed by atoms with Gasteiger partial charge in [-0.3, -0.25) is 24.0 Å². The highest BCUT2D eigenvalue weighted by Gasteiger charge is 2.44. The number of nitrogens with zero attached hydrogens (tertiary/aromatic N) is 2. The second-order valence-electron chi connectivity index (χ2n) is 18.8. The third kappa shape index (κ3) is 25.5. The van der Waals surface area contributed by atoms with Gasteiger partial charge in [0.1, 0.15) is 6.61 Å². The van der Waals surface area contributed by atoms with E-state index in [-0.39, 0.29) is 77.9 Å². The van der Waals surface area contributed by atoms with E-state index in [0.29, 0.717) is 12.3 Å². The van der Waals surface area contributed by atoms with E-state index in [2.05, 4.69) is 81.8 Å². The van der Waals surface area contributed by atoms with E-state index in [1.165, 1.54) is 24.8 Å². The molecule has 1 aromatic rings. The molecule has 64 heavy (non-hydrogen) atoms. The second kappa shape index (κ2) is 33.3. The van der Waals surface area contributed by atoms with Crippen LogP contribution in [0.4, 0.5) is 0 Å². The maximum Gasteiger partial charge on any atom is 0.246 e. The predicted octanol–water partition coefficient (Wildman–Crippen LogP) is 7.26. The first-order chi connectivity index (χ1) is 30.0. The van der Waals surface area contributed by atoms with Crippen LogP contribution in [0.1, 0.15) is 141 Å². The summed E-state index contributed by atoms with van der Waals surface area (Å²) in [5.74, 6) is 0.197. The Bertz CT molecular complexity index is 1420. The largest absolute Gasteiger partial charge is 0.379 e. The molecule has 14 nitrogen and oxygen atoms in total. The fourth-order valence-electron chi connectivity index (χ4n) is 7.60. The molecular weight excluding hydrogens is 832 g/mol. The number of methoxy groups -OCH3 is 2. The molecule has 0 aromatic heterocycles. The third-order valence-electron chi connectivity index (χ3n) is 10.7. The number of likely N-dealkylation sites (tertiary alicyclic amines) is 1. The first-order valence-corrected chi connectivity index (χ1v) is 25.3. The molecule has 2 fully saturated rings. The van der Waals surface area contributed by atoms with Gasteiger partial charge in [-0.2, -0.15) is 0 Å². The molecule has 5 amide bonds. The van der Waals surface area contributed by atoms with E-state index in [9.17, 15) is 24.0 Å². The average Bonchev–Trinajstić information content (AvgIpc) is 3.88. The van der Waals surface area contributed by atoms with Gasteiger partial charge in [-0.1, -0.05) is 98.6 Å². The van der Waals surface area contributed by atoms with Crippen molar-refractivity contribution >= 4 is 38.7 Å². The van der Waals surface area contributed by atoms with E-state index >= 15 is 0 Å². The van der Waals surface area contributed by atoms with Gasteiger partial charge in [0, 0.05) is 65.2 Å². The van der Waals surface area contributed by atoms with Crippen molar-refractivity contribution in [3.8, 4) is 0 Å². The van der Waals surface area contributed by atoms with Crippen molar-refractivity contribution in [2.45, 2.75) is 176 Å². The molecule has 15 heteroatoms. The normalized spacial score (nSPS) is 17.3. The number of benzene rings is 1. The summed E-state index contributed by atoms with van der Waals surface area (Å²) in [5.41, 5.74) is 7.04. The molecule has 1 aliphatic carbocycles. The number of ether oxygens (including phenoxy) is 2. The number of nitrogens with one attached hydrogen (secondary N) is 3. The molecule has 1 aliphatic heterocycles. The molecule has 6 unspecified atom stereocenters. The van der Waals surface area contributed by atoms with Gasteiger partial charge in [0.25, 0.3) is 0 Å². The summed E-state index contributed by atoms with van der Waals surface area (Å²) in [7, 11) is 4.37. The molecule has 0 spiro atoms. The lowest BCUT2D eigenvalue weighted by Crippen LogP contribution is -2.53. The zero-order valence-corrected chi connectivity index (χ0v) is 44.1. The number of likely N-dealkylation sites (N-methyl/N-ethyl adjacent to an activating group) is 1. The van der Waals surface area contributed by atoms with E-state index < -0.39 is 14.3 Å². The first-order valence-electron chi connectivity index (χ1n) is 23.5. The van der Waals surface area contributed by atoms with Crippen LogP contribution in [0.3, 0.4) is 0 Å². The molecule has 372 valence electrons. The zero-order valence-electron chi connectivity index (χ0n) is 43.2. The molecule has 1 saturated heterocycles. The van der Waals surface area contributed by atoms with Crippen molar-refractivity contribution < 1.29 is 38.0 Å². The SMILES string of the molecule is CC.CCC.CCC(C)C(C(CC(=O)N1CCCC1C(OC)C(C)C)OC)N(C)C(=O)CNC=O.CP(CC(C)(C)N)OCC(=O)NC(C)(C)C.O=CNCC1(c2ccccc2)CC1. The molecule has 0 radical (unpaired) electrons. The number of carbonyl (C=O) groups excluding carboxylic acids is 5. The minimum atomic E-state index is -0.629. The minimum absolute atomic E-state index is 0.00137. The van der Waals surface area contributed by atoms with Gasteiger partial charge in [0.05, 0.1) is 37.3 Å². The molecule has 0 bridgehead atoms. The Kier molecular flexibility index (Phi) is 32.8. The van der Waals surface area contributed by atoms with Crippen LogP contribution in [-0.4, -0.2) is 136 Å². The fourth-order valence-corrected chi connectivity index (χ4v) is 9.18. The summed E-state index contributed by atoms with van der Waals surface area (Å²) < 4.78 is 17.0. The Labute approximate surface area is 390 Å². The number of amides is 5. The van der Waals surface area contributed by atoms with Gasteiger partial charge >= 0.3 is 0 Å². The third-order valence-corrected chi connectivity index (χ3v) is 12.5. The molecule has 3 rings (SSSR count). The summed E-state index contributed by atoms with van der Waals surface area (Å²) in [5, 5.41) is 8.04. The van der Waals surface area contributed by atoms with Crippen LogP contribution in [0.2, 0.25) is 0 Å². The van der Waals surface area contributed by atoms with Gasteiger partial charge in [-0.15, -0.1) is 0 Å². The monoisotopic (exact) mass is 925 g/mol. The van der Waals surface area contributed by atoms with Crippen LogP contribution in [0.15, 0.2) is 30.3 Å².